The monoisotopic (exact) mass is 241 g/mol. The van der Waals surface area contributed by atoms with Gasteiger partial charge in [0.1, 0.15) is 0 Å². The lowest BCUT2D eigenvalue weighted by Crippen LogP contribution is -1.95. The van der Waals surface area contributed by atoms with E-state index in [1.54, 1.807) is 0 Å². The first-order valence-corrected chi connectivity index (χ1v) is 6.71. The topological polar surface area (TPSA) is 12.9 Å². The van der Waals surface area contributed by atoms with E-state index in [0.717, 1.165) is 5.69 Å². The molecule has 1 aromatic carbocycles. The Morgan fingerprint density at radius 1 is 0.944 bits per heavy atom. The molecule has 2 rings (SSSR count). The molecule has 0 saturated carbocycles. The van der Waals surface area contributed by atoms with Gasteiger partial charge in [-0.1, -0.05) is 52.0 Å². The Morgan fingerprint density at radius 2 is 1.67 bits per heavy atom. The molecule has 0 saturated heterocycles. The largest absolute Gasteiger partial charge is 0.256 e. The van der Waals surface area contributed by atoms with Crippen molar-refractivity contribution >= 4 is 0 Å². The fourth-order valence-electron chi connectivity index (χ4n) is 2.08. The molecule has 0 N–H and O–H groups in total. The number of benzene rings is 1. The lowest BCUT2D eigenvalue weighted by atomic mass is 9.93. The van der Waals surface area contributed by atoms with Crippen molar-refractivity contribution in [3.05, 3.63) is 53.7 Å². The summed E-state index contributed by atoms with van der Waals surface area (Å²) in [6.07, 6.45) is 1.84. The molecular formula is C17H23N. The standard InChI is InChI=1S/C15H17N.C2H6/c1-11(2)13-7-6-8-14(12(13)3)15-9-4-5-10-16-15;1-2/h4-11H,1-3H3;1-2H3. The zero-order valence-corrected chi connectivity index (χ0v) is 12.1. The molecule has 2 aromatic rings. The summed E-state index contributed by atoms with van der Waals surface area (Å²) in [6.45, 7) is 10.6. The summed E-state index contributed by atoms with van der Waals surface area (Å²) in [5.74, 6) is 0.559. The second-order valence-corrected chi connectivity index (χ2v) is 4.39. The summed E-state index contributed by atoms with van der Waals surface area (Å²) in [5, 5.41) is 0. The highest BCUT2D eigenvalue weighted by Gasteiger charge is 2.08. The summed E-state index contributed by atoms with van der Waals surface area (Å²) in [6, 6.07) is 12.5. The van der Waals surface area contributed by atoms with E-state index in [9.17, 15) is 0 Å². The van der Waals surface area contributed by atoms with Crippen molar-refractivity contribution in [2.24, 2.45) is 0 Å². The van der Waals surface area contributed by atoms with E-state index in [-0.39, 0.29) is 0 Å². The molecule has 18 heavy (non-hydrogen) atoms. The molecule has 0 aliphatic rings. The van der Waals surface area contributed by atoms with Gasteiger partial charge >= 0.3 is 0 Å². The fraction of sp³-hybridized carbons (Fsp3) is 0.353. The van der Waals surface area contributed by atoms with Gasteiger partial charge in [-0.05, 0) is 36.1 Å². The molecule has 1 heteroatoms. The Kier molecular flexibility index (Phi) is 5.57. The smallest absolute Gasteiger partial charge is 0.0704 e. The third-order valence-electron chi connectivity index (χ3n) is 2.94. The predicted molar refractivity (Wildman–Crippen MR) is 79.8 cm³/mol. The second kappa shape index (κ2) is 6.95. The summed E-state index contributed by atoms with van der Waals surface area (Å²) in [7, 11) is 0. The Morgan fingerprint density at radius 3 is 2.22 bits per heavy atom. The zero-order valence-electron chi connectivity index (χ0n) is 12.1. The van der Waals surface area contributed by atoms with Gasteiger partial charge in [-0.3, -0.25) is 4.98 Å². The van der Waals surface area contributed by atoms with Gasteiger partial charge in [0.2, 0.25) is 0 Å². The van der Waals surface area contributed by atoms with Crippen molar-refractivity contribution in [3.8, 4) is 11.3 Å². The molecule has 0 amide bonds. The molecule has 1 aromatic heterocycles. The number of hydrogen-bond acceptors (Lipinski definition) is 1. The van der Waals surface area contributed by atoms with Gasteiger partial charge in [0.25, 0.3) is 0 Å². The van der Waals surface area contributed by atoms with Gasteiger partial charge in [-0.2, -0.15) is 0 Å². The molecule has 0 aliphatic carbocycles. The van der Waals surface area contributed by atoms with Crippen LogP contribution in [0.1, 0.15) is 44.7 Å². The fourth-order valence-corrected chi connectivity index (χ4v) is 2.08. The third kappa shape index (κ3) is 3.19. The first-order valence-electron chi connectivity index (χ1n) is 6.71. The average Bonchev–Trinajstić information content (AvgIpc) is 2.42. The van der Waals surface area contributed by atoms with Crippen LogP contribution in [0.25, 0.3) is 11.3 Å². The molecule has 1 nitrogen and oxygen atoms in total. The first kappa shape index (κ1) is 14.4. The SMILES string of the molecule is CC.Cc1c(-c2ccccn2)cccc1C(C)C. The highest BCUT2D eigenvalue weighted by molar-refractivity contribution is 5.65. The Balaban J connectivity index is 0.000000771. The van der Waals surface area contributed by atoms with E-state index < -0.39 is 0 Å². The maximum Gasteiger partial charge on any atom is 0.0704 e. The number of hydrogen-bond donors (Lipinski definition) is 0. The van der Waals surface area contributed by atoms with E-state index in [1.165, 1.54) is 16.7 Å². The number of pyridine rings is 1. The van der Waals surface area contributed by atoms with Gasteiger partial charge in [0, 0.05) is 11.8 Å². The van der Waals surface area contributed by atoms with Crippen molar-refractivity contribution in [1.82, 2.24) is 4.98 Å². The van der Waals surface area contributed by atoms with Gasteiger partial charge in [-0.25, -0.2) is 0 Å². The number of aromatic nitrogens is 1. The molecule has 0 fully saturated rings. The minimum absolute atomic E-state index is 0.559. The molecule has 0 bridgehead atoms. The highest BCUT2D eigenvalue weighted by Crippen LogP contribution is 2.27. The molecule has 0 unspecified atom stereocenters. The van der Waals surface area contributed by atoms with Gasteiger partial charge < -0.3 is 0 Å². The molecule has 0 aliphatic heterocycles. The van der Waals surface area contributed by atoms with Crippen LogP contribution in [0.3, 0.4) is 0 Å². The molecule has 96 valence electrons. The summed E-state index contributed by atoms with van der Waals surface area (Å²) in [5.41, 5.74) is 5.05. The van der Waals surface area contributed by atoms with E-state index in [1.807, 2.05) is 32.2 Å². The van der Waals surface area contributed by atoms with Crippen LogP contribution >= 0.6 is 0 Å². The van der Waals surface area contributed by atoms with Crippen molar-refractivity contribution in [1.29, 1.82) is 0 Å². The second-order valence-electron chi connectivity index (χ2n) is 4.39. The van der Waals surface area contributed by atoms with Crippen LogP contribution in [-0.2, 0) is 0 Å². The van der Waals surface area contributed by atoms with Crippen molar-refractivity contribution in [3.63, 3.8) is 0 Å². The van der Waals surface area contributed by atoms with Crippen molar-refractivity contribution < 1.29 is 0 Å². The number of nitrogens with zero attached hydrogens (tertiary/aromatic N) is 1. The average molecular weight is 241 g/mol. The molecule has 0 radical (unpaired) electrons. The van der Waals surface area contributed by atoms with Gasteiger partial charge in [-0.15, -0.1) is 0 Å². The van der Waals surface area contributed by atoms with E-state index in [0.29, 0.717) is 5.92 Å². The minimum Gasteiger partial charge on any atom is -0.256 e. The van der Waals surface area contributed by atoms with Crippen LogP contribution in [0.15, 0.2) is 42.6 Å². The summed E-state index contributed by atoms with van der Waals surface area (Å²) in [4.78, 5) is 4.41. The van der Waals surface area contributed by atoms with Crippen LogP contribution in [0.4, 0.5) is 0 Å². The Hall–Kier alpha value is -1.63. The molecule has 1 heterocycles. The minimum atomic E-state index is 0.559. The van der Waals surface area contributed by atoms with Crippen LogP contribution in [0, 0.1) is 6.92 Å². The lowest BCUT2D eigenvalue weighted by molar-refractivity contribution is 0.857. The Labute approximate surface area is 111 Å². The lowest BCUT2D eigenvalue weighted by Gasteiger charge is -2.13. The molecular weight excluding hydrogens is 218 g/mol. The van der Waals surface area contributed by atoms with Crippen LogP contribution in [0.2, 0.25) is 0 Å². The Bertz CT molecular complexity index is 472. The third-order valence-corrected chi connectivity index (χ3v) is 2.94. The molecule has 0 atom stereocenters. The number of rotatable bonds is 2. The quantitative estimate of drug-likeness (QED) is 0.703. The summed E-state index contributed by atoms with van der Waals surface area (Å²) >= 11 is 0. The highest BCUT2D eigenvalue weighted by atomic mass is 14.7. The normalized spacial score (nSPS) is 9.89. The van der Waals surface area contributed by atoms with Gasteiger partial charge in [0.05, 0.1) is 5.69 Å². The zero-order chi connectivity index (χ0) is 13.5. The van der Waals surface area contributed by atoms with E-state index in [4.69, 9.17) is 0 Å². The van der Waals surface area contributed by atoms with Crippen LogP contribution < -0.4 is 0 Å². The van der Waals surface area contributed by atoms with Crippen LogP contribution in [-0.4, -0.2) is 4.98 Å². The van der Waals surface area contributed by atoms with Crippen molar-refractivity contribution in [2.45, 2.75) is 40.5 Å². The summed E-state index contributed by atoms with van der Waals surface area (Å²) < 4.78 is 0. The van der Waals surface area contributed by atoms with Crippen molar-refractivity contribution in [2.75, 3.05) is 0 Å². The maximum absolute atomic E-state index is 4.41. The molecule has 0 spiro atoms. The van der Waals surface area contributed by atoms with Gasteiger partial charge in [0.15, 0.2) is 0 Å². The maximum atomic E-state index is 4.41. The van der Waals surface area contributed by atoms with E-state index >= 15 is 0 Å². The first-order chi connectivity index (χ1) is 8.70. The van der Waals surface area contributed by atoms with E-state index in [2.05, 4.69) is 50.0 Å². The predicted octanol–water partition coefficient (Wildman–Crippen LogP) is 5.21. The van der Waals surface area contributed by atoms with Crippen LogP contribution in [0.5, 0.6) is 0 Å².